The van der Waals surface area contributed by atoms with E-state index in [4.69, 9.17) is 4.98 Å². The van der Waals surface area contributed by atoms with Gasteiger partial charge in [-0.15, -0.1) is 10.2 Å². The van der Waals surface area contributed by atoms with Crippen LogP contribution in [0.1, 0.15) is 44.4 Å². The Morgan fingerprint density at radius 1 is 1.31 bits per heavy atom. The highest BCUT2D eigenvalue weighted by atomic mass is 32.1. The second-order valence-corrected chi connectivity index (χ2v) is 9.84. The first-order valence-electron chi connectivity index (χ1n) is 10.2. The lowest BCUT2D eigenvalue weighted by Crippen LogP contribution is -2.41. The number of rotatable bonds is 5. The van der Waals surface area contributed by atoms with E-state index in [0.717, 1.165) is 47.8 Å². The Bertz CT molecular complexity index is 955. The molecule has 1 aromatic carbocycles. The molecule has 1 aliphatic rings. The maximum Gasteiger partial charge on any atom is 0.240 e. The lowest BCUT2D eigenvalue weighted by atomic mass is 9.94. The molecule has 8 heteroatoms. The van der Waals surface area contributed by atoms with Crippen molar-refractivity contribution in [3.05, 3.63) is 35.1 Å². The predicted octanol–water partition coefficient (Wildman–Crippen LogP) is 3.61. The molecule has 29 heavy (non-hydrogen) atoms. The van der Waals surface area contributed by atoms with E-state index in [9.17, 15) is 4.79 Å². The fraction of sp³-hybridized carbons (Fsp3) is 0.524. The van der Waals surface area contributed by atoms with Crippen molar-refractivity contribution in [1.82, 2.24) is 25.1 Å². The number of nitrogens with one attached hydrogen (secondary N) is 2. The van der Waals surface area contributed by atoms with E-state index in [-0.39, 0.29) is 11.3 Å². The molecule has 7 nitrogen and oxygen atoms in total. The summed E-state index contributed by atoms with van der Waals surface area (Å²) in [4.78, 5) is 22.8. The van der Waals surface area contributed by atoms with E-state index in [1.165, 1.54) is 17.8 Å². The van der Waals surface area contributed by atoms with Crippen LogP contribution in [-0.4, -0.2) is 50.6 Å². The zero-order valence-corrected chi connectivity index (χ0v) is 18.1. The maximum absolute atomic E-state index is 12.5. The van der Waals surface area contributed by atoms with Gasteiger partial charge in [-0.25, -0.2) is 4.98 Å². The third-order valence-electron chi connectivity index (χ3n) is 5.20. The molecule has 0 radical (unpaired) electrons. The van der Waals surface area contributed by atoms with Crippen molar-refractivity contribution in [2.45, 2.75) is 45.4 Å². The Morgan fingerprint density at radius 3 is 2.90 bits per heavy atom. The van der Waals surface area contributed by atoms with Crippen molar-refractivity contribution >= 4 is 33.4 Å². The number of carbonyl (C=O) groups excluding carboxylic acids is 1. The predicted molar refractivity (Wildman–Crippen MR) is 116 cm³/mol. The van der Waals surface area contributed by atoms with Gasteiger partial charge in [-0.1, -0.05) is 44.2 Å². The molecule has 1 amide bonds. The van der Waals surface area contributed by atoms with E-state index < -0.39 is 0 Å². The van der Waals surface area contributed by atoms with Gasteiger partial charge in [0.1, 0.15) is 10.8 Å². The number of carbonyl (C=O) groups is 1. The number of amides is 1. The van der Waals surface area contributed by atoms with Crippen molar-refractivity contribution in [2.75, 3.05) is 25.0 Å². The second-order valence-electron chi connectivity index (χ2n) is 8.86. The molecule has 154 valence electrons. The van der Waals surface area contributed by atoms with Gasteiger partial charge < -0.3 is 4.98 Å². The third kappa shape index (κ3) is 5.00. The van der Waals surface area contributed by atoms with Crippen LogP contribution in [0.3, 0.4) is 0 Å². The Morgan fingerprint density at radius 2 is 2.14 bits per heavy atom. The quantitative estimate of drug-likeness (QED) is 0.669. The standard InChI is InChI=1S/C21H28N6OS/c1-21(2,3)19-25-26-20(29-19)24-18(28)13-27-10-6-7-14(12-27)11-17-22-15-8-4-5-9-16(15)23-17/h4-5,8-9,14H,6-7,10-13H2,1-3H3,(H,22,23)(H,24,26,28)/t14-/m0/s1. The summed E-state index contributed by atoms with van der Waals surface area (Å²) in [5, 5.41) is 12.7. The van der Waals surface area contributed by atoms with Gasteiger partial charge in [-0.2, -0.15) is 0 Å². The number of benzene rings is 1. The topological polar surface area (TPSA) is 86.8 Å². The summed E-state index contributed by atoms with van der Waals surface area (Å²) >= 11 is 1.45. The summed E-state index contributed by atoms with van der Waals surface area (Å²) in [6, 6.07) is 8.12. The number of imidazole rings is 1. The monoisotopic (exact) mass is 412 g/mol. The minimum Gasteiger partial charge on any atom is -0.342 e. The lowest BCUT2D eigenvalue weighted by Gasteiger charge is -2.31. The molecule has 0 spiro atoms. The lowest BCUT2D eigenvalue weighted by molar-refractivity contribution is -0.117. The Balaban J connectivity index is 1.31. The fourth-order valence-corrected chi connectivity index (χ4v) is 4.59. The van der Waals surface area contributed by atoms with Crippen LogP contribution in [0.5, 0.6) is 0 Å². The third-order valence-corrected chi connectivity index (χ3v) is 6.47. The van der Waals surface area contributed by atoms with Crippen LogP contribution in [0.2, 0.25) is 0 Å². The smallest absolute Gasteiger partial charge is 0.240 e. The molecule has 2 aromatic heterocycles. The number of para-hydroxylation sites is 2. The van der Waals surface area contributed by atoms with Gasteiger partial charge >= 0.3 is 0 Å². The van der Waals surface area contributed by atoms with E-state index in [0.29, 0.717) is 17.6 Å². The fourth-order valence-electron chi connectivity index (χ4n) is 3.78. The molecule has 0 unspecified atom stereocenters. The first-order valence-corrected chi connectivity index (χ1v) is 11.0. The van der Waals surface area contributed by atoms with Crippen molar-refractivity contribution in [1.29, 1.82) is 0 Å². The van der Waals surface area contributed by atoms with E-state index in [1.54, 1.807) is 0 Å². The van der Waals surface area contributed by atoms with Crippen LogP contribution in [0.4, 0.5) is 5.13 Å². The molecule has 0 bridgehead atoms. The van der Waals surface area contributed by atoms with Gasteiger partial charge in [0.2, 0.25) is 11.0 Å². The SMILES string of the molecule is CC(C)(C)c1nnc(NC(=O)CN2CCC[C@@H](Cc3nc4ccccc4[nH]3)C2)s1. The molecule has 3 heterocycles. The second kappa shape index (κ2) is 8.20. The number of likely N-dealkylation sites (tertiary alicyclic amines) is 1. The van der Waals surface area contributed by atoms with Gasteiger partial charge in [-0.3, -0.25) is 15.0 Å². The average Bonchev–Trinajstić information content (AvgIpc) is 3.28. The summed E-state index contributed by atoms with van der Waals surface area (Å²) in [7, 11) is 0. The summed E-state index contributed by atoms with van der Waals surface area (Å²) in [5.41, 5.74) is 2.04. The number of hydrogen-bond donors (Lipinski definition) is 2. The number of piperidine rings is 1. The highest BCUT2D eigenvalue weighted by Crippen LogP contribution is 2.27. The number of aromatic amines is 1. The summed E-state index contributed by atoms with van der Waals surface area (Å²) in [6.45, 7) is 8.53. The number of hydrogen-bond acceptors (Lipinski definition) is 6. The van der Waals surface area contributed by atoms with Crippen LogP contribution in [-0.2, 0) is 16.6 Å². The minimum atomic E-state index is -0.0581. The zero-order chi connectivity index (χ0) is 20.4. The van der Waals surface area contributed by atoms with Gasteiger partial charge in [0.15, 0.2) is 0 Å². The molecule has 1 saturated heterocycles. The number of fused-ring (bicyclic) bond motifs is 1. The van der Waals surface area contributed by atoms with Crippen LogP contribution < -0.4 is 5.32 Å². The number of H-pyrrole nitrogens is 1. The summed E-state index contributed by atoms with van der Waals surface area (Å²) < 4.78 is 0. The highest BCUT2D eigenvalue weighted by Gasteiger charge is 2.24. The molecule has 0 saturated carbocycles. The van der Waals surface area contributed by atoms with Gasteiger partial charge in [-0.05, 0) is 37.4 Å². The van der Waals surface area contributed by atoms with E-state index in [1.807, 2.05) is 18.2 Å². The Hall–Kier alpha value is -2.32. The molecular weight excluding hydrogens is 384 g/mol. The number of aromatic nitrogens is 4. The van der Waals surface area contributed by atoms with Crippen molar-refractivity contribution in [3.63, 3.8) is 0 Å². The van der Waals surface area contributed by atoms with Crippen LogP contribution >= 0.6 is 11.3 Å². The van der Waals surface area contributed by atoms with Crippen molar-refractivity contribution < 1.29 is 4.79 Å². The number of anilines is 1. The van der Waals surface area contributed by atoms with Crippen LogP contribution in [0.25, 0.3) is 11.0 Å². The molecule has 1 aliphatic heterocycles. The molecule has 4 rings (SSSR count). The average molecular weight is 413 g/mol. The van der Waals surface area contributed by atoms with Crippen molar-refractivity contribution in [3.8, 4) is 0 Å². The Kier molecular flexibility index (Phi) is 5.65. The van der Waals surface area contributed by atoms with Gasteiger partial charge in [0.25, 0.3) is 0 Å². The highest BCUT2D eigenvalue weighted by molar-refractivity contribution is 7.15. The van der Waals surface area contributed by atoms with Gasteiger partial charge in [0.05, 0.1) is 17.6 Å². The molecule has 3 aromatic rings. The maximum atomic E-state index is 12.5. The molecule has 0 aliphatic carbocycles. The van der Waals surface area contributed by atoms with E-state index in [2.05, 4.69) is 52.2 Å². The van der Waals surface area contributed by atoms with Gasteiger partial charge in [0, 0.05) is 18.4 Å². The van der Waals surface area contributed by atoms with Crippen LogP contribution in [0, 0.1) is 5.92 Å². The first kappa shape index (κ1) is 20.0. The molecule has 2 N–H and O–H groups in total. The zero-order valence-electron chi connectivity index (χ0n) is 17.2. The van der Waals surface area contributed by atoms with E-state index >= 15 is 0 Å². The first-order chi connectivity index (χ1) is 13.9. The normalized spacial score (nSPS) is 18.2. The molecule has 1 fully saturated rings. The Labute approximate surface area is 174 Å². The van der Waals surface area contributed by atoms with Crippen molar-refractivity contribution in [2.24, 2.45) is 5.92 Å². The minimum absolute atomic E-state index is 0.0222. The summed E-state index contributed by atoms with van der Waals surface area (Å²) in [5.74, 6) is 1.52. The molecule has 1 atom stereocenters. The largest absolute Gasteiger partial charge is 0.342 e. The summed E-state index contributed by atoms with van der Waals surface area (Å²) in [6.07, 6.45) is 3.18. The molecular formula is C21H28N6OS. The number of nitrogens with zero attached hydrogens (tertiary/aromatic N) is 4. The van der Waals surface area contributed by atoms with Crippen LogP contribution in [0.15, 0.2) is 24.3 Å².